The molecule has 2 amide bonds. The highest BCUT2D eigenvalue weighted by molar-refractivity contribution is 6.04. The third kappa shape index (κ3) is 3.62. The molecule has 6 heteroatoms. The molecule has 0 radical (unpaired) electrons. The molecule has 1 aliphatic rings. The second-order valence-corrected chi connectivity index (χ2v) is 4.15. The molecule has 0 bridgehead atoms. The predicted octanol–water partition coefficient (Wildman–Crippen LogP) is 0.886. The largest absolute Gasteiger partial charge is 0.375 e. The summed E-state index contributed by atoms with van der Waals surface area (Å²) in [6, 6.07) is 7.31. The van der Waals surface area contributed by atoms with Crippen molar-refractivity contribution in [3.63, 3.8) is 0 Å². The summed E-state index contributed by atoms with van der Waals surface area (Å²) in [6.45, 7) is 0.0283. The van der Waals surface area contributed by atoms with Gasteiger partial charge in [0.25, 0.3) is 0 Å². The Balaban J connectivity index is 2.02. The van der Waals surface area contributed by atoms with Gasteiger partial charge >= 0.3 is 0 Å². The fourth-order valence-corrected chi connectivity index (χ4v) is 1.76. The zero-order chi connectivity index (χ0) is 13.7. The van der Waals surface area contributed by atoms with Crippen LogP contribution in [0.15, 0.2) is 29.4 Å². The van der Waals surface area contributed by atoms with E-state index >= 15 is 0 Å². The van der Waals surface area contributed by atoms with E-state index < -0.39 is 0 Å². The van der Waals surface area contributed by atoms with E-state index in [-0.39, 0.29) is 18.4 Å². The summed E-state index contributed by atoms with van der Waals surface area (Å²) < 4.78 is 4.73. The van der Waals surface area contributed by atoms with Crippen LogP contribution in [0.2, 0.25) is 0 Å². The maximum Gasteiger partial charge on any atom is 0.250 e. The van der Waals surface area contributed by atoms with Crippen molar-refractivity contribution >= 4 is 23.2 Å². The van der Waals surface area contributed by atoms with Gasteiger partial charge in [-0.3, -0.25) is 9.59 Å². The highest BCUT2D eigenvalue weighted by Crippen LogP contribution is 2.14. The maximum absolute atomic E-state index is 11.3. The quantitative estimate of drug-likeness (QED) is 0.844. The van der Waals surface area contributed by atoms with Crippen molar-refractivity contribution in [3.05, 3.63) is 29.8 Å². The van der Waals surface area contributed by atoms with Crippen molar-refractivity contribution in [2.75, 3.05) is 19.0 Å². The van der Waals surface area contributed by atoms with E-state index in [0.717, 1.165) is 11.3 Å². The van der Waals surface area contributed by atoms with Crippen molar-refractivity contribution in [2.24, 2.45) is 5.10 Å². The maximum atomic E-state index is 11.3. The van der Waals surface area contributed by atoms with E-state index in [1.165, 1.54) is 7.11 Å². The molecule has 0 fully saturated rings. The highest BCUT2D eigenvalue weighted by Gasteiger charge is 2.13. The zero-order valence-electron chi connectivity index (χ0n) is 10.6. The number of hydrazone groups is 1. The Morgan fingerprint density at radius 1 is 1.37 bits per heavy atom. The van der Waals surface area contributed by atoms with Crippen LogP contribution in [0.1, 0.15) is 18.4 Å². The molecule has 6 nitrogen and oxygen atoms in total. The molecule has 2 rings (SSSR count). The number of benzene rings is 1. The van der Waals surface area contributed by atoms with Gasteiger partial charge in [-0.15, -0.1) is 0 Å². The smallest absolute Gasteiger partial charge is 0.250 e. The van der Waals surface area contributed by atoms with Crippen LogP contribution in [0.5, 0.6) is 0 Å². The van der Waals surface area contributed by atoms with Crippen molar-refractivity contribution in [1.82, 2.24) is 5.43 Å². The third-order valence-corrected chi connectivity index (χ3v) is 2.68. The number of hydrogen-bond donors (Lipinski definition) is 2. The van der Waals surface area contributed by atoms with Gasteiger partial charge in [0, 0.05) is 25.6 Å². The van der Waals surface area contributed by atoms with E-state index in [1.807, 2.05) is 12.1 Å². The number of amides is 2. The molecular weight excluding hydrogens is 246 g/mol. The first-order valence-corrected chi connectivity index (χ1v) is 5.93. The number of ether oxygens (including phenoxy) is 1. The van der Waals surface area contributed by atoms with Crippen LogP contribution in [0, 0.1) is 0 Å². The number of methoxy groups -OCH3 is 1. The topological polar surface area (TPSA) is 79.8 Å². The lowest BCUT2D eigenvalue weighted by Gasteiger charge is -2.12. The van der Waals surface area contributed by atoms with Crippen LogP contribution in [0.25, 0.3) is 0 Å². The van der Waals surface area contributed by atoms with Gasteiger partial charge in [0.15, 0.2) is 0 Å². The Kier molecular flexibility index (Phi) is 4.25. The fraction of sp³-hybridized carbons (Fsp3) is 0.308. The lowest BCUT2D eigenvalue weighted by molar-refractivity contribution is -0.121. The lowest BCUT2D eigenvalue weighted by Crippen LogP contribution is -2.25. The number of carbonyl (C=O) groups excluding carboxylic acids is 2. The molecule has 0 aliphatic carbocycles. The summed E-state index contributed by atoms with van der Waals surface area (Å²) in [5.41, 5.74) is 4.93. The van der Waals surface area contributed by atoms with Crippen LogP contribution in [-0.4, -0.2) is 31.2 Å². The summed E-state index contributed by atoms with van der Waals surface area (Å²) in [6.07, 6.45) is 1.08. The summed E-state index contributed by atoms with van der Waals surface area (Å²) >= 11 is 0. The third-order valence-electron chi connectivity index (χ3n) is 2.68. The van der Waals surface area contributed by atoms with Crippen molar-refractivity contribution < 1.29 is 14.3 Å². The van der Waals surface area contributed by atoms with Gasteiger partial charge in [-0.25, -0.2) is 5.43 Å². The number of nitrogens with one attached hydrogen (secondary N) is 2. The monoisotopic (exact) mass is 261 g/mol. The molecule has 0 unspecified atom stereocenters. The van der Waals surface area contributed by atoms with Crippen LogP contribution in [0.4, 0.5) is 5.69 Å². The molecule has 0 spiro atoms. The van der Waals surface area contributed by atoms with Gasteiger partial charge < -0.3 is 10.1 Å². The molecule has 0 atom stereocenters. The van der Waals surface area contributed by atoms with Crippen LogP contribution in [-0.2, 0) is 14.3 Å². The van der Waals surface area contributed by atoms with Crippen molar-refractivity contribution in [2.45, 2.75) is 12.8 Å². The van der Waals surface area contributed by atoms with Gasteiger partial charge in [0.05, 0.1) is 5.71 Å². The minimum absolute atomic E-state index is 0.0283. The standard InChI is InChI=1S/C13H15N3O3/c1-19-8-13(18)14-10-4-2-9(3-5-10)11-6-7-12(17)16-15-11/h2-5H,6-8H2,1H3,(H,14,18)(H,16,17). The molecule has 1 aromatic carbocycles. The lowest BCUT2D eigenvalue weighted by atomic mass is 10.0. The molecule has 0 saturated heterocycles. The van der Waals surface area contributed by atoms with E-state index in [2.05, 4.69) is 15.8 Å². The van der Waals surface area contributed by atoms with Crippen LogP contribution in [0.3, 0.4) is 0 Å². The summed E-state index contributed by atoms with van der Waals surface area (Å²) in [5, 5.41) is 6.72. The Labute approximate surface area is 110 Å². The molecule has 19 heavy (non-hydrogen) atoms. The summed E-state index contributed by atoms with van der Waals surface area (Å²) in [4.78, 5) is 22.3. The molecule has 1 aromatic rings. The van der Waals surface area contributed by atoms with Crippen molar-refractivity contribution in [1.29, 1.82) is 0 Å². The Morgan fingerprint density at radius 2 is 2.11 bits per heavy atom. The SMILES string of the molecule is COCC(=O)Nc1ccc(C2=NNC(=O)CC2)cc1. The second-order valence-electron chi connectivity index (χ2n) is 4.15. The Hall–Kier alpha value is -2.21. The van der Waals surface area contributed by atoms with E-state index in [0.29, 0.717) is 18.5 Å². The van der Waals surface area contributed by atoms with E-state index in [1.54, 1.807) is 12.1 Å². The Morgan fingerprint density at radius 3 is 2.68 bits per heavy atom. The zero-order valence-corrected chi connectivity index (χ0v) is 10.6. The summed E-state index contributed by atoms with van der Waals surface area (Å²) in [5.74, 6) is -0.260. The first-order chi connectivity index (χ1) is 9.19. The minimum atomic E-state index is -0.197. The van der Waals surface area contributed by atoms with Gasteiger partial charge in [-0.2, -0.15) is 5.10 Å². The molecular formula is C13H15N3O3. The molecule has 1 aliphatic heterocycles. The van der Waals surface area contributed by atoms with Gasteiger partial charge in [-0.1, -0.05) is 12.1 Å². The number of hydrogen-bond acceptors (Lipinski definition) is 4. The van der Waals surface area contributed by atoms with Crippen molar-refractivity contribution in [3.8, 4) is 0 Å². The second kappa shape index (κ2) is 6.10. The number of carbonyl (C=O) groups is 2. The number of nitrogens with zero attached hydrogens (tertiary/aromatic N) is 1. The average molecular weight is 261 g/mol. The molecule has 0 saturated carbocycles. The normalized spacial score (nSPS) is 14.6. The predicted molar refractivity (Wildman–Crippen MR) is 70.9 cm³/mol. The fourth-order valence-electron chi connectivity index (χ4n) is 1.76. The first kappa shape index (κ1) is 13.2. The summed E-state index contributed by atoms with van der Waals surface area (Å²) in [7, 11) is 1.47. The Bertz CT molecular complexity index is 508. The highest BCUT2D eigenvalue weighted by atomic mass is 16.5. The van der Waals surface area contributed by atoms with Gasteiger partial charge in [0.2, 0.25) is 11.8 Å². The minimum Gasteiger partial charge on any atom is -0.375 e. The van der Waals surface area contributed by atoms with Crippen LogP contribution < -0.4 is 10.7 Å². The molecule has 0 aromatic heterocycles. The average Bonchev–Trinajstić information content (AvgIpc) is 2.41. The molecule has 100 valence electrons. The van der Waals surface area contributed by atoms with E-state index in [4.69, 9.17) is 4.74 Å². The van der Waals surface area contributed by atoms with Crippen LogP contribution >= 0.6 is 0 Å². The van der Waals surface area contributed by atoms with Gasteiger partial charge in [0.1, 0.15) is 6.61 Å². The number of rotatable bonds is 4. The van der Waals surface area contributed by atoms with E-state index in [9.17, 15) is 9.59 Å². The first-order valence-electron chi connectivity index (χ1n) is 5.93. The van der Waals surface area contributed by atoms with Gasteiger partial charge in [-0.05, 0) is 17.7 Å². The molecule has 2 N–H and O–H groups in total. The number of anilines is 1. The molecule has 1 heterocycles.